The number of primary amides is 2. The average Bonchev–Trinajstić information content (AvgIpc) is 3.51. The fraction of sp³-hybridized carbons (Fsp3) is 0.238. The summed E-state index contributed by atoms with van der Waals surface area (Å²) in [5.74, 6) is 0.215. The van der Waals surface area contributed by atoms with Crippen molar-refractivity contribution in [1.29, 1.82) is 0 Å². The van der Waals surface area contributed by atoms with Crippen molar-refractivity contribution >= 4 is 40.0 Å². The quantitative estimate of drug-likeness (QED) is 0.467. The van der Waals surface area contributed by atoms with Gasteiger partial charge in [-0.1, -0.05) is 31.0 Å². The van der Waals surface area contributed by atoms with Crippen LogP contribution in [0.15, 0.2) is 48.7 Å². The molecule has 1 aromatic carbocycles. The highest BCUT2D eigenvalue weighted by Gasteiger charge is 2.28. The molecule has 8 nitrogen and oxygen atoms in total. The minimum absolute atomic E-state index is 0.238. The SMILES string of the molecule is NC(=O)c1ccc(N[C@H](CC2CC2)C(N)=O)nc1Nc1cnc2ccccc2c1. The molecule has 4 rings (SSSR count). The van der Waals surface area contributed by atoms with Crippen LogP contribution in [0.2, 0.25) is 0 Å². The number of carbonyl (C=O) groups is 2. The average molecular weight is 390 g/mol. The summed E-state index contributed by atoms with van der Waals surface area (Å²) in [4.78, 5) is 32.5. The van der Waals surface area contributed by atoms with Crippen molar-refractivity contribution in [3.63, 3.8) is 0 Å². The first kappa shape index (κ1) is 18.7. The molecular weight excluding hydrogens is 368 g/mol. The lowest BCUT2D eigenvalue weighted by atomic mass is 10.1. The predicted molar refractivity (Wildman–Crippen MR) is 112 cm³/mol. The molecule has 0 unspecified atom stereocenters. The van der Waals surface area contributed by atoms with E-state index in [0.29, 0.717) is 23.8 Å². The number of amides is 2. The highest BCUT2D eigenvalue weighted by molar-refractivity contribution is 5.99. The Kier molecular flexibility index (Phi) is 4.99. The Labute approximate surface area is 167 Å². The number of para-hydroxylation sites is 1. The number of fused-ring (bicyclic) bond motifs is 1. The van der Waals surface area contributed by atoms with Gasteiger partial charge in [0.05, 0.1) is 23.0 Å². The van der Waals surface area contributed by atoms with Gasteiger partial charge in [-0.25, -0.2) is 4.98 Å². The van der Waals surface area contributed by atoms with E-state index in [0.717, 1.165) is 23.7 Å². The molecule has 8 heteroatoms. The smallest absolute Gasteiger partial charge is 0.252 e. The van der Waals surface area contributed by atoms with E-state index in [1.54, 1.807) is 18.3 Å². The van der Waals surface area contributed by atoms with Gasteiger partial charge in [0.2, 0.25) is 5.91 Å². The summed E-state index contributed by atoms with van der Waals surface area (Å²) >= 11 is 0. The third-order valence-electron chi connectivity index (χ3n) is 4.95. The van der Waals surface area contributed by atoms with Gasteiger partial charge >= 0.3 is 0 Å². The molecule has 2 aromatic heterocycles. The predicted octanol–water partition coefficient (Wildman–Crippen LogP) is 2.54. The number of anilines is 3. The van der Waals surface area contributed by atoms with Crippen LogP contribution in [0.25, 0.3) is 10.9 Å². The van der Waals surface area contributed by atoms with E-state index in [1.807, 2.05) is 30.3 Å². The lowest BCUT2D eigenvalue weighted by Gasteiger charge is -2.17. The van der Waals surface area contributed by atoms with E-state index in [-0.39, 0.29) is 11.4 Å². The summed E-state index contributed by atoms with van der Waals surface area (Å²) in [5.41, 5.74) is 12.8. The molecule has 1 aliphatic rings. The fourth-order valence-corrected chi connectivity index (χ4v) is 3.22. The summed E-state index contributed by atoms with van der Waals surface area (Å²) in [5, 5.41) is 7.14. The number of hydrogen-bond acceptors (Lipinski definition) is 6. The summed E-state index contributed by atoms with van der Waals surface area (Å²) in [7, 11) is 0. The molecule has 0 spiro atoms. The van der Waals surface area contributed by atoms with Gasteiger partial charge in [-0.3, -0.25) is 14.6 Å². The standard InChI is InChI=1S/C21H22N6O2/c22-19(28)15-7-8-18(26-17(20(23)29)9-12-5-6-12)27-21(15)25-14-10-13-3-1-2-4-16(13)24-11-14/h1-4,7-8,10-12,17H,5-6,9H2,(H2,22,28)(H2,23,29)(H2,25,26,27)/t17-/m1/s1. The second-order valence-electron chi connectivity index (χ2n) is 7.28. The van der Waals surface area contributed by atoms with Crippen LogP contribution in [0.4, 0.5) is 17.3 Å². The van der Waals surface area contributed by atoms with Gasteiger partial charge < -0.3 is 22.1 Å². The topological polar surface area (TPSA) is 136 Å². The van der Waals surface area contributed by atoms with Crippen LogP contribution >= 0.6 is 0 Å². The lowest BCUT2D eigenvalue weighted by Crippen LogP contribution is -2.36. The number of aromatic nitrogens is 2. The maximum absolute atomic E-state index is 11.9. The Hall–Kier alpha value is -3.68. The van der Waals surface area contributed by atoms with E-state index in [4.69, 9.17) is 11.5 Å². The Morgan fingerprint density at radius 3 is 2.66 bits per heavy atom. The number of nitrogens with two attached hydrogens (primary N) is 2. The van der Waals surface area contributed by atoms with Crippen LogP contribution < -0.4 is 22.1 Å². The molecule has 2 amide bonds. The normalized spacial score (nSPS) is 14.3. The molecule has 0 aliphatic heterocycles. The number of carbonyl (C=O) groups excluding carboxylic acids is 2. The van der Waals surface area contributed by atoms with Crippen molar-refractivity contribution in [1.82, 2.24) is 9.97 Å². The highest BCUT2D eigenvalue weighted by atomic mass is 16.1. The van der Waals surface area contributed by atoms with Gasteiger partial charge in [-0.15, -0.1) is 0 Å². The summed E-state index contributed by atoms with van der Waals surface area (Å²) in [6.07, 6.45) is 4.56. The number of nitrogens with zero attached hydrogens (tertiary/aromatic N) is 2. The molecule has 3 aromatic rings. The molecule has 148 valence electrons. The first-order valence-electron chi connectivity index (χ1n) is 9.48. The van der Waals surface area contributed by atoms with Gasteiger partial charge in [0.15, 0.2) is 0 Å². The minimum atomic E-state index is -0.607. The molecule has 2 heterocycles. The first-order chi connectivity index (χ1) is 14.0. The van der Waals surface area contributed by atoms with Crippen LogP contribution in [0.5, 0.6) is 0 Å². The zero-order valence-corrected chi connectivity index (χ0v) is 15.8. The van der Waals surface area contributed by atoms with Crippen molar-refractivity contribution in [3.8, 4) is 0 Å². The molecule has 1 fully saturated rings. The molecular formula is C21H22N6O2. The lowest BCUT2D eigenvalue weighted by molar-refractivity contribution is -0.118. The molecule has 1 atom stereocenters. The van der Waals surface area contributed by atoms with Gasteiger partial charge in [0.1, 0.15) is 17.7 Å². The van der Waals surface area contributed by atoms with Crippen LogP contribution in [0.3, 0.4) is 0 Å². The fourth-order valence-electron chi connectivity index (χ4n) is 3.22. The second kappa shape index (κ2) is 7.75. The van der Waals surface area contributed by atoms with Crippen molar-refractivity contribution < 1.29 is 9.59 Å². The first-order valence-corrected chi connectivity index (χ1v) is 9.48. The maximum Gasteiger partial charge on any atom is 0.252 e. The van der Waals surface area contributed by atoms with Crippen LogP contribution in [0, 0.1) is 5.92 Å². The molecule has 29 heavy (non-hydrogen) atoms. The maximum atomic E-state index is 11.9. The van der Waals surface area contributed by atoms with E-state index >= 15 is 0 Å². The van der Waals surface area contributed by atoms with Crippen molar-refractivity contribution in [2.45, 2.75) is 25.3 Å². The molecule has 0 saturated heterocycles. The third kappa shape index (κ3) is 4.43. The van der Waals surface area contributed by atoms with Crippen molar-refractivity contribution in [3.05, 3.63) is 54.2 Å². The summed E-state index contributed by atoms with van der Waals surface area (Å²) in [6.45, 7) is 0. The number of rotatable bonds is 8. The minimum Gasteiger partial charge on any atom is -0.368 e. The largest absolute Gasteiger partial charge is 0.368 e. The highest BCUT2D eigenvalue weighted by Crippen LogP contribution is 2.34. The van der Waals surface area contributed by atoms with Gasteiger partial charge in [0.25, 0.3) is 5.91 Å². The second-order valence-corrected chi connectivity index (χ2v) is 7.28. The molecule has 1 saturated carbocycles. The number of hydrogen-bond donors (Lipinski definition) is 4. The molecule has 0 radical (unpaired) electrons. The summed E-state index contributed by atoms with van der Waals surface area (Å²) in [6, 6.07) is 12.3. The number of pyridine rings is 2. The number of nitrogens with one attached hydrogen (secondary N) is 2. The molecule has 0 bridgehead atoms. The summed E-state index contributed by atoms with van der Waals surface area (Å²) < 4.78 is 0. The van der Waals surface area contributed by atoms with E-state index < -0.39 is 17.9 Å². The monoisotopic (exact) mass is 390 g/mol. The van der Waals surface area contributed by atoms with Gasteiger partial charge in [0, 0.05) is 5.39 Å². The Balaban J connectivity index is 1.61. The van der Waals surface area contributed by atoms with Gasteiger partial charge in [-0.05, 0) is 36.6 Å². The van der Waals surface area contributed by atoms with Crippen molar-refractivity contribution in [2.24, 2.45) is 17.4 Å². The number of benzene rings is 1. The van der Waals surface area contributed by atoms with E-state index in [9.17, 15) is 9.59 Å². The van der Waals surface area contributed by atoms with Crippen LogP contribution in [-0.2, 0) is 4.79 Å². The Bertz CT molecular complexity index is 1080. The Morgan fingerprint density at radius 1 is 1.14 bits per heavy atom. The molecule has 6 N–H and O–H groups in total. The van der Waals surface area contributed by atoms with Gasteiger partial charge in [-0.2, -0.15) is 0 Å². The van der Waals surface area contributed by atoms with Crippen LogP contribution in [-0.4, -0.2) is 27.8 Å². The van der Waals surface area contributed by atoms with E-state index in [1.165, 1.54) is 0 Å². The Morgan fingerprint density at radius 2 is 1.93 bits per heavy atom. The third-order valence-corrected chi connectivity index (χ3v) is 4.95. The van der Waals surface area contributed by atoms with Crippen LogP contribution in [0.1, 0.15) is 29.6 Å². The zero-order valence-electron chi connectivity index (χ0n) is 15.8. The zero-order chi connectivity index (χ0) is 20.4. The van der Waals surface area contributed by atoms with E-state index in [2.05, 4.69) is 20.6 Å². The van der Waals surface area contributed by atoms with Crippen molar-refractivity contribution in [2.75, 3.05) is 10.6 Å². The molecule has 1 aliphatic carbocycles.